The van der Waals surface area contributed by atoms with Crippen molar-refractivity contribution >= 4 is 10.9 Å². The Kier molecular flexibility index (Phi) is 3.24. The highest BCUT2D eigenvalue weighted by Gasteiger charge is 2.22. The molecule has 0 spiro atoms. The molecule has 4 heteroatoms. The molecule has 0 bridgehead atoms. The maximum absolute atomic E-state index is 10.9. The van der Waals surface area contributed by atoms with Crippen LogP contribution in [0.15, 0.2) is 54.6 Å². The van der Waals surface area contributed by atoms with Crippen molar-refractivity contribution in [2.75, 3.05) is 31.3 Å². The van der Waals surface area contributed by atoms with Gasteiger partial charge in [-0.25, -0.2) is 4.68 Å². The molecule has 0 radical (unpaired) electrons. The van der Waals surface area contributed by atoms with Gasteiger partial charge in [-0.2, -0.15) is 0 Å². The Bertz CT molecular complexity index is 789. The summed E-state index contributed by atoms with van der Waals surface area (Å²) in [6.07, 6.45) is 0. The lowest BCUT2D eigenvalue weighted by Crippen LogP contribution is -2.43. The average Bonchev–Trinajstić information content (AvgIpc) is 2.88. The van der Waals surface area contributed by atoms with Crippen LogP contribution >= 0.6 is 0 Å². The van der Waals surface area contributed by atoms with Crippen molar-refractivity contribution in [1.29, 1.82) is 0 Å². The van der Waals surface area contributed by atoms with Crippen molar-refractivity contribution in [2.45, 2.75) is 0 Å². The summed E-state index contributed by atoms with van der Waals surface area (Å²) in [5.74, 6) is 0.300. The minimum Gasteiger partial charge on any atom is -0.493 e. The lowest BCUT2D eigenvalue weighted by atomic mass is 10.0. The summed E-state index contributed by atoms with van der Waals surface area (Å²) in [4.78, 5) is 0. The molecule has 2 heterocycles. The number of ether oxygens (including phenoxy) is 1. The Balaban J connectivity index is 1.96. The molecule has 1 aromatic heterocycles. The van der Waals surface area contributed by atoms with Gasteiger partial charge in [-0.1, -0.05) is 48.5 Å². The normalized spacial score (nSPS) is 15.4. The van der Waals surface area contributed by atoms with Gasteiger partial charge in [0.05, 0.1) is 37.4 Å². The Morgan fingerprint density at radius 3 is 2.32 bits per heavy atom. The van der Waals surface area contributed by atoms with Gasteiger partial charge in [0.15, 0.2) is 0 Å². The molecular weight excluding hydrogens is 276 g/mol. The van der Waals surface area contributed by atoms with E-state index in [1.54, 1.807) is 0 Å². The lowest BCUT2D eigenvalue weighted by molar-refractivity contribution is 0.110. The fourth-order valence-electron chi connectivity index (χ4n) is 3.14. The second kappa shape index (κ2) is 5.39. The molecule has 0 aliphatic carbocycles. The van der Waals surface area contributed by atoms with Crippen LogP contribution in [0.3, 0.4) is 0 Å². The van der Waals surface area contributed by atoms with Gasteiger partial charge in [-0.15, -0.1) is 0 Å². The van der Waals surface area contributed by atoms with E-state index in [2.05, 4.69) is 17.1 Å². The molecule has 0 amide bonds. The number of aromatic hydroxyl groups is 1. The van der Waals surface area contributed by atoms with Crippen LogP contribution in [-0.2, 0) is 4.74 Å². The van der Waals surface area contributed by atoms with Crippen molar-refractivity contribution in [3.05, 3.63) is 54.6 Å². The van der Waals surface area contributed by atoms with E-state index in [0.717, 1.165) is 35.1 Å². The highest BCUT2D eigenvalue weighted by Crippen LogP contribution is 2.39. The van der Waals surface area contributed by atoms with Crippen molar-refractivity contribution in [1.82, 2.24) is 4.68 Å². The molecule has 2 aromatic carbocycles. The van der Waals surface area contributed by atoms with Gasteiger partial charge in [0.1, 0.15) is 0 Å². The molecule has 22 heavy (non-hydrogen) atoms. The molecule has 1 aliphatic heterocycles. The summed E-state index contributed by atoms with van der Waals surface area (Å²) in [7, 11) is 0. The summed E-state index contributed by atoms with van der Waals surface area (Å²) in [6, 6.07) is 18.2. The molecule has 3 aromatic rings. The van der Waals surface area contributed by atoms with E-state index >= 15 is 0 Å². The van der Waals surface area contributed by atoms with Crippen LogP contribution < -0.4 is 5.01 Å². The van der Waals surface area contributed by atoms with E-state index in [0.29, 0.717) is 19.1 Å². The maximum Gasteiger partial charge on any atom is 0.219 e. The molecule has 0 saturated carbocycles. The fraction of sp³-hybridized carbons (Fsp3) is 0.222. The third-order valence-electron chi connectivity index (χ3n) is 4.16. The number of nitrogens with zero attached hydrogens (tertiary/aromatic N) is 2. The summed E-state index contributed by atoms with van der Waals surface area (Å²) in [5.41, 5.74) is 2.95. The summed E-state index contributed by atoms with van der Waals surface area (Å²) in [6.45, 7) is 2.93. The van der Waals surface area contributed by atoms with E-state index < -0.39 is 0 Å². The highest BCUT2D eigenvalue weighted by molar-refractivity contribution is 5.99. The summed E-state index contributed by atoms with van der Waals surface area (Å²) < 4.78 is 7.36. The SMILES string of the molecule is Oc1c(-c2ccccc2)c2ccccc2n1N1CCOCC1. The molecule has 1 aliphatic rings. The highest BCUT2D eigenvalue weighted by atomic mass is 16.5. The fourth-order valence-corrected chi connectivity index (χ4v) is 3.14. The molecule has 4 nitrogen and oxygen atoms in total. The Hall–Kier alpha value is -2.46. The van der Waals surface area contributed by atoms with Gasteiger partial charge < -0.3 is 14.9 Å². The topological polar surface area (TPSA) is 37.6 Å². The van der Waals surface area contributed by atoms with Crippen molar-refractivity contribution < 1.29 is 9.84 Å². The van der Waals surface area contributed by atoms with Gasteiger partial charge in [0, 0.05) is 5.39 Å². The van der Waals surface area contributed by atoms with Crippen molar-refractivity contribution in [3.8, 4) is 17.0 Å². The number of hydrogen-bond acceptors (Lipinski definition) is 3. The van der Waals surface area contributed by atoms with Crippen LogP contribution in [-0.4, -0.2) is 36.1 Å². The first-order valence-electron chi connectivity index (χ1n) is 7.57. The van der Waals surface area contributed by atoms with Crippen LogP contribution in [0.5, 0.6) is 5.88 Å². The smallest absolute Gasteiger partial charge is 0.219 e. The Morgan fingerprint density at radius 2 is 1.55 bits per heavy atom. The zero-order valence-corrected chi connectivity index (χ0v) is 12.3. The molecule has 0 atom stereocenters. The molecular formula is C18H18N2O2. The quantitative estimate of drug-likeness (QED) is 0.789. The van der Waals surface area contributed by atoms with Gasteiger partial charge in [0.25, 0.3) is 0 Å². The first kappa shape index (κ1) is 13.2. The number of benzene rings is 2. The Morgan fingerprint density at radius 1 is 0.864 bits per heavy atom. The summed E-state index contributed by atoms with van der Waals surface area (Å²) >= 11 is 0. The zero-order valence-electron chi connectivity index (χ0n) is 12.3. The van der Waals surface area contributed by atoms with Crippen molar-refractivity contribution in [3.63, 3.8) is 0 Å². The van der Waals surface area contributed by atoms with E-state index in [-0.39, 0.29) is 0 Å². The van der Waals surface area contributed by atoms with Crippen molar-refractivity contribution in [2.24, 2.45) is 0 Å². The van der Waals surface area contributed by atoms with Crippen LogP contribution in [0.25, 0.3) is 22.0 Å². The number of aromatic nitrogens is 1. The molecule has 1 fully saturated rings. The van der Waals surface area contributed by atoms with Crippen LogP contribution in [0, 0.1) is 0 Å². The van der Waals surface area contributed by atoms with E-state index in [4.69, 9.17) is 4.74 Å². The molecule has 4 rings (SSSR count). The number of hydrogen-bond donors (Lipinski definition) is 1. The first-order chi connectivity index (χ1) is 10.9. The minimum absolute atomic E-state index is 0.300. The predicted molar refractivity (Wildman–Crippen MR) is 87.8 cm³/mol. The van der Waals surface area contributed by atoms with Gasteiger partial charge >= 0.3 is 0 Å². The van der Waals surface area contributed by atoms with Gasteiger partial charge in [-0.05, 0) is 11.6 Å². The van der Waals surface area contributed by atoms with Crippen LogP contribution in [0.2, 0.25) is 0 Å². The summed E-state index contributed by atoms with van der Waals surface area (Å²) in [5, 5.41) is 14.1. The Labute approximate surface area is 129 Å². The van der Waals surface area contributed by atoms with E-state index in [1.807, 2.05) is 47.1 Å². The number of rotatable bonds is 2. The monoisotopic (exact) mass is 294 g/mol. The standard InChI is InChI=1S/C18H18N2O2/c21-18-17(14-6-2-1-3-7-14)15-8-4-5-9-16(15)20(18)19-10-12-22-13-11-19/h1-9,21H,10-13H2. The molecule has 112 valence electrons. The first-order valence-corrected chi connectivity index (χ1v) is 7.57. The van der Waals surface area contributed by atoms with Crippen LogP contribution in [0.1, 0.15) is 0 Å². The second-order valence-corrected chi connectivity index (χ2v) is 5.46. The third kappa shape index (κ3) is 2.04. The zero-order chi connectivity index (χ0) is 14.9. The number of morpholine rings is 1. The largest absolute Gasteiger partial charge is 0.493 e. The van der Waals surface area contributed by atoms with E-state index in [1.165, 1.54) is 0 Å². The number of para-hydroxylation sites is 1. The third-order valence-corrected chi connectivity index (χ3v) is 4.16. The van der Waals surface area contributed by atoms with Gasteiger partial charge in [-0.3, -0.25) is 0 Å². The average molecular weight is 294 g/mol. The maximum atomic E-state index is 10.9. The second-order valence-electron chi connectivity index (χ2n) is 5.46. The minimum atomic E-state index is 0.300. The van der Waals surface area contributed by atoms with Gasteiger partial charge in [0.2, 0.25) is 5.88 Å². The molecule has 1 saturated heterocycles. The molecule has 1 N–H and O–H groups in total. The van der Waals surface area contributed by atoms with E-state index in [9.17, 15) is 5.11 Å². The number of fused-ring (bicyclic) bond motifs is 1. The molecule has 0 unspecified atom stereocenters. The lowest BCUT2D eigenvalue weighted by Gasteiger charge is -2.30. The predicted octanol–water partition coefficient (Wildman–Crippen LogP) is 2.98. The van der Waals surface area contributed by atoms with Crippen LogP contribution in [0.4, 0.5) is 0 Å².